The van der Waals surface area contributed by atoms with E-state index >= 15 is 0 Å². The first-order valence-electron chi connectivity index (χ1n) is 7.05. The van der Waals surface area contributed by atoms with Crippen molar-refractivity contribution >= 4 is 5.91 Å². The van der Waals surface area contributed by atoms with Crippen molar-refractivity contribution in [3.63, 3.8) is 0 Å². The van der Waals surface area contributed by atoms with E-state index < -0.39 is 0 Å². The molecule has 4 nitrogen and oxygen atoms in total. The minimum Gasteiger partial charge on any atom is -0.352 e. The number of likely N-dealkylation sites (tertiary alicyclic amines) is 1. The second-order valence-corrected chi connectivity index (χ2v) is 5.84. The second kappa shape index (κ2) is 4.94. The van der Waals surface area contributed by atoms with E-state index in [1.54, 1.807) is 0 Å². The maximum absolute atomic E-state index is 11.1. The van der Waals surface area contributed by atoms with Crippen LogP contribution in [0.3, 0.4) is 0 Å². The van der Waals surface area contributed by atoms with Gasteiger partial charge in [0.15, 0.2) is 0 Å². The maximum Gasteiger partial charge on any atom is 0.220 e. The molecule has 0 aromatic carbocycles. The van der Waals surface area contributed by atoms with Crippen molar-refractivity contribution in [2.75, 3.05) is 26.2 Å². The average molecular weight is 237 g/mol. The number of hydrogen-bond acceptors (Lipinski definition) is 3. The van der Waals surface area contributed by atoms with Crippen LogP contribution in [0.1, 0.15) is 32.1 Å². The first-order chi connectivity index (χ1) is 8.31. The SMILES string of the molecule is O=C1CCC(CNCC2CCN(C3CC3)C2)N1. The summed E-state index contributed by atoms with van der Waals surface area (Å²) in [5, 5.41) is 6.53. The third kappa shape index (κ3) is 2.99. The maximum atomic E-state index is 11.1. The van der Waals surface area contributed by atoms with Crippen LogP contribution in [0.25, 0.3) is 0 Å². The standard InChI is InChI=1S/C13H23N3O/c17-13-4-1-11(15-13)8-14-7-10-5-6-16(9-10)12-2-3-12/h10-12,14H,1-9H2,(H,15,17). The molecule has 0 aromatic heterocycles. The lowest BCUT2D eigenvalue weighted by Crippen LogP contribution is -2.38. The molecule has 2 aliphatic heterocycles. The molecular weight excluding hydrogens is 214 g/mol. The first-order valence-corrected chi connectivity index (χ1v) is 7.05. The summed E-state index contributed by atoms with van der Waals surface area (Å²) in [6.45, 7) is 4.66. The van der Waals surface area contributed by atoms with E-state index in [1.807, 2.05) is 0 Å². The fraction of sp³-hybridized carbons (Fsp3) is 0.923. The molecule has 2 heterocycles. The van der Waals surface area contributed by atoms with Gasteiger partial charge >= 0.3 is 0 Å². The number of carbonyl (C=O) groups is 1. The van der Waals surface area contributed by atoms with Crippen molar-refractivity contribution in [2.24, 2.45) is 5.92 Å². The van der Waals surface area contributed by atoms with E-state index in [-0.39, 0.29) is 5.91 Å². The fourth-order valence-electron chi connectivity index (χ4n) is 3.09. The highest BCUT2D eigenvalue weighted by Crippen LogP contribution is 2.31. The molecule has 2 unspecified atom stereocenters. The molecule has 3 fully saturated rings. The molecule has 1 saturated carbocycles. The summed E-state index contributed by atoms with van der Waals surface area (Å²) in [7, 11) is 0. The highest BCUT2D eigenvalue weighted by molar-refractivity contribution is 5.78. The van der Waals surface area contributed by atoms with Crippen LogP contribution in [-0.4, -0.2) is 49.1 Å². The van der Waals surface area contributed by atoms with Gasteiger partial charge in [0.1, 0.15) is 0 Å². The van der Waals surface area contributed by atoms with Gasteiger partial charge in [-0.25, -0.2) is 0 Å². The number of carbonyl (C=O) groups excluding carboxylic acids is 1. The molecule has 0 aromatic rings. The van der Waals surface area contributed by atoms with Crippen LogP contribution in [0.5, 0.6) is 0 Å². The van der Waals surface area contributed by atoms with Crippen molar-refractivity contribution in [1.82, 2.24) is 15.5 Å². The van der Waals surface area contributed by atoms with Crippen LogP contribution in [0.2, 0.25) is 0 Å². The van der Waals surface area contributed by atoms with E-state index in [0.29, 0.717) is 12.5 Å². The van der Waals surface area contributed by atoms with Crippen LogP contribution < -0.4 is 10.6 Å². The summed E-state index contributed by atoms with van der Waals surface area (Å²) in [4.78, 5) is 13.7. The Kier molecular flexibility index (Phi) is 3.34. The van der Waals surface area contributed by atoms with Crippen LogP contribution in [0.4, 0.5) is 0 Å². The Balaban J connectivity index is 1.31. The van der Waals surface area contributed by atoms with Gasteiger partial charge in [-0.3, -0.25) is 4.79 Å². The van der Waals surface area contributed by atoms with Gasteiger partial charge in [-0.1, -0.05) is 0 Å². The molecule has 0 spiro atoms. The van der Waals surface area contributed by atoms with Gasteiger partial charge in [0.25, 0.3) is 0 Å². The molecule has 0 bridgehead atoms. The number of nitrogens with zero attached hydrogens (tertiary/aromatic N) is 1. The second-order valence-electron chi connectivity index (χ2n) is 5.84. The quantitative estimate of drug-likeness (QED) is 0.725. The van der Waals surface area contributed by atoms with Gasteiger partial charge in [0.05, 0.1) is 0 Å². The Morgan fingerprint density at radius 1 is 1.24 bits per heavy atom. The van der Waals surface area contributed by atoms with E-state index in [1.165, 1.54) is 32.4 Å². The molecule has 1 amide bonds. The molecule has 3 aliphatic rings. The van der Waals surface area contributed by atoms with Gasteiger partial charge in [-0.15, -0.1) is 0 Å². The van der Waals surface area contributed by atoms with E-state index in [4.69, 9.17) is 0 Å². The van der Waals surface area contributed by atoms with E-state index in [2.05, 4.69) is 15.5 Å². The summed E-state index contributed by atoms with van der Waals surface area (Å²) in [5.74, 6) is 1.05. The van der Waals surface area contributed by atoms with Crippen molar-refractivity contribution in [3.05, 3.63) is 0 Å². The summed E-state index contributed by atoms with van der Waals surface area (Å²) < 4.78 is 0. The summed E-state index contributed by atoms with van der Waals surface area (Å²) in [6, 6.07) is 1.30. The van der Waals surface area contributed by atoms with Crippen molar-refractivity contribution in [2.45, 2.75) is 44.2 Å². The third-order valence-electron chi connectivity index (χ3n) is 4.29. The lowest BCUT2D eigenvalue weighted by atomic mass is 10.1. The van der Waals surface area contributed by atoms with Crippen molar-refractivity contribution < 1.29 is 4.79 Å². The van der Waals surface area contributed by atoms with E-state index in [9.17, 15) is 4.79 Å². The van der Waals surface area contributed by atoms with Gasteiger partial charge in [0, 0.05) is 31.6 Å². The van der Waals surface area contributed by atoms with Gasteiger partial charge < -0.3 is 15.5 Å². The molecule has 96 valence electrons. The molecule has 17 heavy (non-hydrogen) atoms. The van der Waals surface area contributed by atoms with Gasteiger partial charge in [0.2, 0.25) is 5.91 Å². The predicted octanol–water partition coefficient (Wildman–Crippen LogP) is 0.339. The topological polar surface area (TPSA) is 44.4 Å². The zero-order valence-corrected chi connectivity index (χ0v) is 10.5. The lowest BCUT2D eigenvalue weighted by Gasteiger charge is -2.16. The Hall–Kier alpha value is -0.610. The average Bonchev–Trinajstić information content (AvgIpc) is 2.93. The minimum absolute atomic E-state index is 0.220. The Morgan fingerprint density at radius 3 is 2.82 bits per heavy atom. The smallest absolute Gasteiger partial charge is 0.220 e. The predicted molar refractivity (Wildman–Crippen MR) is 66.7 cm³/mol. The highest BCUT2D eigenvalue weighted by atomic mass is 16.1. The van der Waals surface area contributed by atoms with Crippen LogP contribution in [0.15, 0.2) is 0 Å². The Labute approximate surface area is 103 Å². The largest absolute Gasteiger partial charge is 0.352 e. The Bertz CT molecular complexity index is 290. The third-order valence-corrected chi connectivity index (χ3v) is 4.29. The number of amides is 1. The summed E-state index contributed by atoms with van der Waals surface area (Å²) in [5.41, 5.74) is 0. The van der Waals surface area contributed by atoms with Gasteiger partial charge in [-0.2, -0.15) is 0 Å². The number of hydrogen-bond donors (Lipinski definition) is 2. The highest BCUT2D eigenvalue weighted by Gasteiger charge is 2.34. The Morgan fingerprint density at radius 2 is 2.12 bits per heavy atom. The molecular formula is C13H23N3O. The lowest BCUT2D eigenvalue weighted by molar-refractivity contribution is -0.119. The zero-order valence-electron chi connectivity index (χ0n) is 10.5. The molecule has 2 saturated heterocycles. The molecule has 1 aliphatic carbocycles. The molecule has 4 heteroatoms. The van der Waals surface area contributed by atoms with Crippen LogP contribution in [0, 0.1) is 5.92 Å². The van der Waals surface area contributed by atoms with Crippen LogP contribution in [-0.2, 0) is 4.79 Å². The minimum atomic E-state index is 0.220. The zero-order chi connectivity index (χ0) is 11.7. The number of rotatable bonds is 5. The summed E-state index contributed by atoms with van der Waals surface area (Å²) >= 11 is 0. The molecule has 2 N–H and O–H groups in total. The van der Waals surface area contributed by atoms with Crippen molar-refractivity contribution in [1.29, 1.82) is 0 Å². The molecule has 0 radical (unpaired) electrons. The normalized spacial score (nSPS) is 34.2. The van der Waals surface area contributed by atoms with Crippen molar-refractivity contribution in [3.8, 4) is 0 Å². The van der Waals surface area contributed by atoms with Crippen LogP contribution >= 0.6 is 0 Å². The fourth-order valence-corrected chi connectivity index (χ4v) is 3.09. The monoisotopic (exact) mass is 237 g/mol. The van der Waals surface area contributed by atoms with E-state index in [0.717, 1.165) is 31.5 Å². The number of nitrogens with one attached hydrogen (secondary N) is 2. The molecule has 3 rings (SSSR count). The first kappa shape index (κ1) is 11.5. The summed E-state index contributed by atoms with van der Waals surface area (Å²) in [6.07, 6.45) is 5.92. The van der Waals surface area contributed by atoms with Gasteiger partial charge in [-0.05, 0) is 44.7 Å². The molecule has 2 atom stereocenters.